The third-order valence-corrected chi connectivity index (χ3v) is 3.96. The van der Waals surface area contributed by atoms with E-state index in [1.165, 1.54) is 0 Å². The van der Waals surface area contributed by atoms with Crippen LogP contribution in [0.15, 0.2) is 84.9 Å². The minimum absolute atomic E-state index is 0.683. The highest BCUT2D eigenvalue weighted by atomic mass is 16.5. The molecule has 0 saturated carbocycles. The fourth-order valence-electron chi connectivity index (χ4n) is 2.61. The fraction of sp³-hybridized carbons (Fsp3) is 0. The van der Waals surface area contributed by atoms with Gasteiger partial charge in [-0.25, -0.2) is 0 Å². The summed E-state index contributed by atoms with van der Waals surface area (Å²) >= 11 is 0. The molecule has 0 atom stereocenters. The van der Waals surface area contributed by atoms with Gasteiger partial charge in [0, 0.05) is 39.6 Å². The van der Waals surface area contributed by atoms with Gasteiger partial charge in [0.25, 0.3) is 0 Å². The van der Waals surface area contributed by atoms with E-state index in [2.05, 4.69) is 0 Å². The monoisotopic (exact) mass is 358 g/mol. The van der Waals surface area contributed by atoms with E-state index in [0.29, 0.717) is 5.69 Å². The lowest BCUT2D eigenvalue weighted by Crippen LogP contribution is -1.90. The maximum atomic E-state index is 5.77. The summed E-state index contributed by atoms with van der Waals surface area (Å²) in [6.45, 7) is 0. The summed E-state index contributed by atoms with van der Waals surface area (Å²) < 4.78 is 5.58. The van der Waals surface area contributed by atoms with Crippen LogP contribution in [-0.4, -0.2) is 0 Å². The number of hydrogen-bond acceptors (Lipinski definition) is 5. The molecule has 0 unspecified atom stereocenters. The molecule has 5 heteroatoms. The Morgan fingerprint density at radius 1 is 0.481 bits per heavy atom. The summed E-state index contributed by atoms with van der Waals surface area (Å²) in [5.41, 5.74) is 25.7. The number of nitrogens with two attached hydrogens (primary N) is 4. The molecular weight excluding hydrogens is 336 g/mol. The maximum Gasteiger partial charge on any atom is 0.129 e. The Balaban J connectivity index is 0.000000159. The minimum atomic E-state index is 0.683. The molecule has 0 aliphatic carbocycles. The SMILES string of the molecule is Nc1ccc(Oc2cccc(N)c2)cc1.Nc1cccc2c(N)cccc12. The number of hydrogen-bond donors (Lipinski definition) is 4. The minimum Gasteiger partial charge on any atom is -0.457 e. The van der Waals surface area contributed by atoms with Crippen molar-refractivity contribution in [3.8, 4) is 11.5 Å². The van der Waals surface area contributed by atoms with Gasteiger partial charge in [0.15, 0.2) is 0 Å². The standard InChI is InChI=1S/C12H12N2O.C10H10N2/c13-9-4-6-11(7-5-9)15-12-3-1-2-10(14)8-12;11-9-5-1-3-7-8(9)4-2-6-10(7)12/h1-8H,13-14H2;1-6H,11-12H2. The van der Waals surface area contributed by atoms with Crippen molar-refractivity contribution in [2.24, 2.45) is 0 Å². The lowest BCUT2D eigenvalue weighted by atomic mass is 10.1. The molecule has 27 heavy (non-hydrogen) atoms. The van der Waals surface area contributed by atoms with Crippen molar-refractivity contribution in [1.29, 1.82) is 0 Å². The number of fused-ring (bicyclic) bond motifs is 1. The molecule has 4 rings (SSSR count). The van der Waals surface area contributed by atoms with Gasteiger partial charge in [0.1, 0.15) is 11.5 Å². The Hall–Kier alpha value is -3.86. The lowest BCUT2D eigenvalue weighted by molar-refractivity contribution is 0.483. The Morgan fingerprint density at radius 3 is 1.59 bits per heavy atom. The van der Waals surface area contributed by atoms with Gasteiger partial charge < -0.3 is 27.7 Å². The summed E-state index contributed by atoms with van der Waals surface area (Å²) in [6, 6.07) is 26.0. The van der Waals surface area contributed by atoms with Crippen molar-refractivity contribution in [1.82, 2.24) is 0 Å². The van der Waals surface area contributed by atoms with Gasteiger partial charge in [0.05, 0.1) is 0 Å². The largest absolute Gasteiger partial charge is 0.457 e. The van der Waals surface area contributed by atoms with Gasteiger partial charge in [-0.15, -0.1) is 0 Å². The molecule has 5 nitrogen and oxygen atoms in total. The molecule has 0 aromatic heterocycles. The molecule has 8 N–H and O–H groups in total. The first-order valence-corrected chi connectivity index (χ1v) is 8.44. The summed E-state index contributed by atoms with van der Waals surface area (Å²) in [7, 11) is 0. The van der Waals surface area contributed by atoms with Crippen molar-refractivity contribution in [2.75, 3.05) is 22.9 Å². The van der Waals surface area contributed by atoms with Gasteiger partial charge in [-0.3, -0.25) is 0 Å². The first kappa shape index (κ1) is 17.9. The Kier molecular flexibility index (Phi) is 5.33. The average Bonchev–Trinajstić information content (AvgIpc) is 2.65. The molecule has 0 aliphatic rings. The van der Waals surface area contributed by atoms with Crippen LogP contribution in [-0.2, 0) is 0 Å². The smallest absolute Gasteiger partial charge is 0.129 e. The first-order valence-electron chi connectivity index (χ1n) is 8.44. The van der Waals surface area contributed by atoms with E-state index in [1.807, 2.05) is 66.7 Å². The number of anilines is 4. The molecule has 0 radical (unpaired) electrons. The van der Waals surface area contributed by atoms with Crippen LogP contribution in [0.4, 0.5) is 22.7 Å². The highest BCUT2D eigenvalue weighted by Crippen LogP contribution is 2.25. The fourth-order valence-corrected chi connectivity index (χ4v) is 2.61. The van der Waals surface area contributed by atoms with E-state index in [0.717, 1.165) is 39.3 Å². The second-order valence-corrected chi connectivity index (χ2v) is 6.03. The molecule has 0 heterocycles. The van der Waals surface area contributed by atoms with E-state index in [-0.39, 0.29) is 0 Å². The Bertz CT molecular complexity index is 1000. The van der Waals surface area contributed by atoms with Crippen molar-refractivity contribution in [3.05, 3.63) is 84.9 Å². The zero-order chi connectivity index (χ0) is 19.2. The van der Waals surface area contributed by atoms with Crippen LogP contribution in [0.2, 0.25) is 0 Å². The van der Waals surface area contributed by atoms with E-state index >= 15 is 0 Å². The van der Waals surface area contributed by atoms with Crippen LogP contribution < -0.4 is 27.7 Å². The molecule has 0 saturated heterocycles. The summed E-state index contributed by atoms with van der Waals surface area (Å²) in [6.07, 6.45) is 0. The molecule has 4 aromatic carbocycles. The topological polar surface area (TPSA) is 113 Å². The average molecular weight is 358 g/mol. The van der Waals surface area contributed by atoms with Gasteiger partial charge in [0.2, 0.25) is 0 Å². The van der Waals surface area contributed by atoms with Crippen LogP contribution in [0.1, 0.15) is 0 Å². The molecule has 0 aliphatic heterocycles. The van der Waals surface area contributed by atoms with Crippen LogP contribution in [0.3, 0.4) is 0 Å². The molecule has 0 bridgehead atoms. The third-order valence-electron chi connectivity index (χ3n) is 3.96. The molecule has 0 spiro atoms. The second kappa shape index (κ2) is 8.01. The molecule has 0 fully saturated rings. The van der Waals surface area contributed by atoms with E-state index < -0.39 is 0 Å². The van der Waals surface area contributed by atoms with Gasteiger partial charge in [-0.05, 0) is 48.5 Å². The lowest BCUT2D eigenvalue weighted by Gasteiger charge is -2.06. The quantitative estimate of drug-likeness (QED) is 0.390. The predicted molar refractivity (Wildman–Crippen MR) is 115 cm³/mol. The van der Waals surface area contributed by atoms with Crippen molar-refractivity contribution in [3.63, 3.8) is 0 Å². The van der Waals surface area contributed by atoms with Crippen molar-refractivity contribution in [2.45, 2.75) is 0 Å². The van der Waals surface area contributed by atoms with Crippen LogP contribution in [0, 0.1) is 0 Å². The number of rotatable bonds is 2. The predicted octanol–water partition coefficient (Wildman–Crippen LogP) is 4.65. The molecule has 136 valence electrons. The second-order valence-electron chi connectivity index (χ2n) is 6.03. The highest BCUT2D eigenvalue weighted by molar-refractivity contribution is 5.99. The molecular formula is C22H22N4O. The summed E-state index contributed by atoms with van der Waals surface area (Å²) in [5.74, 6) is 1.47. The zero-order valence-corrected chi connectivity index (χ0v) is 14.8. The number of ether oxygens (including phenoxy) is 1. The van der Waals surface area contributed by atoms with E-state index in [4.69, 9.17) is 27.7 Å². The molecule has 0 amide bonds. The normalized spacial score (nSPS) is 10.1. The summed E-state index contributed by atoms with van der Waals surface area (Å²) in [5, 5.41) is 2.05. The van der Waals surface area contributed by atoms with Gasteiger partial charge >= 0.3 is 0 Å². The number of nitrogen functional groups attached to an aromatic ring is 4. The van der Waals surface area contributed by atoms with Crippen LogP contribution >= 0.6 is 0 Å². The Labute approximate surface area is 158 Å². The van der Waals surface area contributed by atoms with E-state index in [1.54, 1.807) is 18.2 Å². The summed E-state index contributed by atoms with van der Waals surface area (Å²) in [4.78, 5) is 0. The van der Waals surface area contributed by atoms with Crippen LogP contribution in [0.25, 0.3) is 10.8 Å². The highest BCUT2D eigenvalue weighted by Gasteiger charge is 1.98. The molecule has 4 aromatic rings. The van der Waals surface area contributed by atoms with Crippen molar-refractivity contribution < 1.29 is 4.74 Å². The third kappa shape index (κ3) is 4.61. The van der Waals surface area contributed by atoms with Gasteiger partial charge in [-0.1, -0.05) is 30.3 Å². The number of benzene rings is 4. The van der Waals surface area contributed by atoms with Crippen LogP contribution in [0.5, 0.6) is 11.5 Å². The maximum absolute atomic E-state index is 5.77. The van der Waals surface area contributed by atoms with E-state index in [9.17, 15) is 0 Å². The van der Waals surface area contributed by atoms with Crippen molar-refractivity contribution >= 4 is 33.5 Å². The Morgan fingerprint density at radius 2 is 1.04 bits per heavy atom. The van der Waals surface area contributed by atoms with Gasteiger partial charge in [-0.2, -0.15) is 0 Å². The zero-order valence-electron chi connectivity index (χ0n) is 14.8. The first-order chi connectivity index (χ1) is 13.0.